The van der Waals surface area contributed by atoms with Crippen molar-refractivity contribution in [3.63, 3.8) is 0 Å². The van der Waals surface area contributed by atoms with E-state index in [1.165, 1.54) is 0 Å². The van der Waals surface area contributed by atoms with Crippen LogP contribution in [0.5, 0.6) is 0 Å². The SMILES string of the molecule is CN(C)C.O=[SH]Br. The maximum absolute atomic E-state index is 8.82. The molecule has 0 amide bonds. The Labute approximate surface area is 55.6 Å². The average Bonchev–Trinajstić information content (AvgIpc) is 1.33. The van der Waals surface area contributed by atoms with Crippen molar-refractivity contribution in [1.82, 2.24) is 4.90 Å². The highest BCUT2D eigenvalue weighted by atomic mass is 79.9. The fraction of sp³-hybridized carbons (Fsp3) is 1.00. The summed E-state index contributed by atoms with van der Waals surface area (Å²) < 4.78 is 8.82. The highest BCUT2D eigenvalue weighted by Crippen LogP contribution is 1.59. The third-order valence-electron chi connectivity index (χ3n) is 0. The molecule has 0 aromatic rings. The van der Waals surface area contributed by atoms with Crippen molar-refractivity contribution < 1.29 is 4.21 Å². The quantitative estimate of drug-likeness (QED) is 0.439. The summed E-state index contributed by atoms with van der Waals surface area (Å²) in [6, 6.07) is 0. The molecule has 4 heteroatoms. The Morgan fingerprint density at radius 2 is 1.43 bits per heavy atom. The van der Waals surface area contributed by atoms with Crippen LogP contribution in [0.15, 0.2) is 0 Å². The fourth-order valence-electron chi connectivity index (χ4n) is 0. The zero-order valence-electron chi connectivity index (χ0n) is 4.68. The lowest BCUT2D eigenvalue weighted by Crippen LogP contribution is -1.99. The van der Waals surface area contributed by atoms with Crippen molar-refractivity contribution in [3.05, 3.63) is 0 Å². The van der Waals surface area contributed by atoms with Crippen molar-refractivity contribution >= 4 is 24.9 Å². The van der Waals surface area contributed by atoms with E-state index in [4.69, 9.17) is 4.21 Å². The minimum atomic E-state index is -0.0208. The van der Waals surface area contributed by atoms with Crippen LogP contribution in [0.25, 0.3) is 0 Å². The van der Waals surface area contributed by atoms with Crippen molar-refractivity contribution in [2.45, 2.75) is 0 Å². The molecule has 0 rings (SSSR count). The van der Waals surface area contributed by atoms with Gasteiger partial charge in [0.2, 0.25) is 0 Å². The Balaban J connectivity index is 0. The van der Waals surface area contributed by atoms with Crippen LogP contribution in [0.3, 0.4) is 0 Å². The summed E-state index contributed by atoms with van der Waals surface area (Å²) in [6.45, 7) is 0. The van der Waals surface area contributed by atoms with Gasteiger partial charge >= 0.3 is 0 Å². The van der Waals surface area contributed by atoms with E-state index in [0.717, 1.165) is 0 Å². The molecule has 2 nitrogen and oxygen atoms in total. The molecule has 0 aliphatic heterocycles. The van der Waals surface area contributed by atoms with E-state index in [9.17, 15) is 0 Å². The number of nitrogens with zero attached hydrogens (tertiary/aromatic N) is 1. The second-order valence-electron chi connectivity index (χ2n) is 1.41. The largest absolute Gasteiger partial charge is 0.312 e. The molecule has 0 radical (unpaired) electrons. The predicted molar refractivity (Wildman–Crippen MR) is 38.1 cm³/mol. The monoisotopic (exact) mass is 187 g/mol. The molecule has 0 aliphatic rings. The molecular formula is C3H10BrNOS. The van der Waals surface area contributed by atoms with E-state index in [1.54, 1.807) is 0 Å². The average molecular weight is 188 g/mol. The fourth-order valence-corrected chi connectivity index (χ4v) is 0. The van der Waals surface area contributed by atoms with Crippen LogP contribution in [-0.4, -0.2) is 30.3 Å². The predicted octanol–water partition coefficient (Wildman–Crippen LogP) is 0.419. The normalized spacial score (nSPS) is 7.57. The van der Waals surface area contributed by atoms with Gasteiger partial charge in [0.1, 0.15) is 0 Å². The van der Waals surface area contributed by atoms with Crippen LogP contribution < -0.4 is 0 Å². The summed E-state index contributed by atoms with van der Waals surface area (Å²) in [7, 11) is 5.98. The van der Waals surface area contributed by atoms with Gasteiger partial charge in [-0.2, -0.15) is 0 Å². The van der Waals surface area contributed by atoms with Crippen LogP contribution in [0.4, 0.5) is 0 Å². The van der Waals surface area contributed by atoms with Crippen molar-refractivity contribution in [2.75, 3.05) is 21.1 Å². The lowest BCUT2D eigenvalue weighted by molar-refractivity contribution is 0.505. The zero-order chi connectivity index (χ0) is 6.28. The molecule has 0 aromatic heterocycles. The number of thiol groups is 1. The van der Waals surface area contributed by atoms with Gasteiger partial charge in [-0.1, -0.05) is 0 Å². The van der Waals surface area contributed by atoms with E-state index < -0.39 is 0 Å². The third kappa shape index (κ3) is 399. The van der Waals surface area contributed by atoms with Crippen LogP contribution in [0.1, 0.15) is 0 Å². The first-order valence-corrected chi connectivity index (χ1v) is 4.52. The molecule has 46 valence electrons. The summed E-state index contributed by atoms with van der Waals surface area (Å²) in [5, 5.41) is 0. The van der Waals surface area contributed by atoms with Crippen LogP contribution in [-0.2, 0) is 10.1 Å². The second kappa shape index (κ2) is 9.77. The van der Waals surface area contributed by atoms with Gasteiger partial charge in [-0.3, -0.25) is 4.21 Å². The van der Waals surface area contributed by atoms with E-state index in [-0.39, 0.29) is 10.1 Å². The molecular weight excluding hydrogens is 178 g/mol. The molecule has 0 N–H and O–H groups in total. The van der Waals surface area contributed by atoms with E-state index in [0.29, 0.717) is 0 Å². The molecule has 0 bridgehead atoms. The summed E-state index contributed by atoms with van der Waals surface area (Å²) in [5.74, 6) is 0. The van der Waals surface area contributed by atoms with Crippen molar-refractivity contribution in [2.24, 2.45) is 0 Å². The van der Waals surface area contributed by atoms with Gasteiger partial charge in [0.05, 0.1) is 10.1 Å². The first-order valence-electron chi connectivity index (χ1n) is 1.69. The lowest BCUT2D eigenvalue weighted by atomic mass is 11.0. The van der Waals surface area contributed by atoms with Crippen LogP contribution >= 0.6 is 14.8 Å². The van der Waals surface area contributed by atoms with Crippen molar-refractivity contribution in [3.8, 4) is 0 Å². The molecule has 0 fully saturated rings. The van der Waals surface area contributed by atoms with Crippen molar-refractivity contribution in [1.29, 1.82) is 0 Å². The summed E-state index contributed by atoms with van der Waals surface area (Å²) in [5.41, 5.74) is 0. The maximum Gasteiger partial charge on any atom is 0.0764 e. The molecule has 0 saturated heterocycles. The highest BCUT2D eigenvalue weighted by Gasteiger charge is 1.58. The van der Waals surface area contributed by atoms with Gasteiger partial charge in [0.15, 0.2) is 0 Å². The van der Waals surface area contributed by atoms with Gasteiger partial charge in [-0.05, 0) is 21.1 Å². The Hall–Kier alpha value is 0.590. The van der Waals surface area contributed by atoms with E-state index in [2.05, 4.69) is 14.8 Å². The van der Waals surface area contributed by atoms with Gasteiger partial charge in [0, 0.05) is 14.8 Å². The third-order valence-corrected chi connectivity index (χ3v) is 0. The molecule has 0 aliphatic carbocycles. The molecule has 0 saturated carbocycles. The van der Waals surface area contributed by atoms with E-state index >= 15 is 0 Å². The zero-order valence-corrected chi connectivity index (χ0v) is 7.16. The van der Waals surface area contributed by atoms with Crippen LogP contribution in [0, 0.1) is 0 Å². The molecule has 7 heavy (non-hydrogen) atoms. The molecule has 0 atom stereocenters. The number of hydrogen-bond donors (Lipinski definition) is 1. The van der Waals surface area contributed by atoms with Gasteiger partial charge in [-0.15, -0.1) is 0 Å². The minimum Gasteiger partial charge on any atom is -0.312 e. The smallest absolute Gasteiger partial charge is 0.0764 e. The standard InChI is InChI=1S/C3H9N.BrHOS/c1-4(2)3;1-3-2/h1-3H3;3H. The molecule has 0 aromatic carbocycles. The van der Waals surface area contributed by atoms with E-state index in [1.807, 2.05) is 26.0 Å². The van der Waals surface area contributed by atoms with Gasteiger partial charge in [-0.25, -0.2) is 0 Å². The summed E-state index contributed by atoms with van der Waals surface area (Å²) in [4.78, 5) is 2.00. The summed E-state index contributed by atoms with van der Waals surface area (Å²) >= 11 is 2.56. The molecule has 0 heterocycles. The minimum absolute atomic E-state index is 0.0208. The van der Waals surface area contributed by atoms with Crippen LogP contribution in [0.2, 0.25) is 0 Å². The van der Waals surface area contributed by atoms with Gasteiger partial charge in [0.25, 0.3) is 0 Å². The van der Waals surface area contributed by atoms with Gasteiger partial charge < -0.3 is 4.90 Å². The summed E-state index contributed by atoms with van der Waals surface area (Å²) in [6.07, 6.45) is 0. The first kappa shape index (κ1) is 10.5. The second-order valence-corrected chi connectivity index (χ2v) is 2.42. The number of hydrogen-bond acceptors (Lipinski definition) is 2. The first-order chi connectivity index (χ1) is 3.15. The molecule has 0 spiro atoms. The molecule has 0 unspecified atom stereocenters. The Morgan fingerprint density at radius 3 is 1.43 bits per heavy atom. The number of halogens is 1. The Kier molecular flexibility index (Phi) is 14.7. The Bertz CT molecular complexity index is 39.2. The topological polar surface area (TPSA) is 20.3 Å². The lowest BCUT2D eigenvalue weighted by Gasteiger charge is -1.90. The maximum atomic E-state index is 8.82. The Morgan fingerprint density at radius 1 is 1.43 bits per heavy atom. The number of rotatable bonds is 0. The highest BCUT2D eigenvalue weighted by molar-refractivity contribution is 9.43.